The molecule has 0 spiro atoms. The zero-order valence-corrected chi connectivity index (χ0v) is 46.7. The van der Waals surface area contributed by atoms with E-state index in [0.717, 1.165) is 76.6 Å². The second-order valence-electron chi connectivity index (χ2n) is 18.9. The van der Waals surface area contributed by atoms with Crippen LogP contribution in [0.5, 0.6) is 0 Å². The number of hydrogen-bond donors (Lipinski definition) is 0. The van der Waals surface area contributed by atoms with Crippen molar-refractivity contribution in [3.05, 3.63) is 358 Å². The lowest BCUT2D eigenvalue weighted by Gasteiger charge is -2.23. The van der Waals surface area contributed by atoms with E-state index in [2.05, 4.69) is 335 Å². The van der Waals surface area contributed by atoms with Crippen LogP contribution in [-0.2, 0) is 0 Å². The predicted molar refractivity (Wildman–Crippen MR) is 344 cm³/mol. The van der Waals surface area contributed by atoms with E-state index >= 15 is 0 Å². The monoisotopic (exact) mass is 1100 g/mol. The molecule has 4 heterocycles. The van der Waals surface area contributed by atoms with Crippen molar-refractivity contribution in [2.75, 3.05) is 19.6 Å². The first kappa shape index (κ1) is 50.2. The topological polar surface area (TPSA) is 13.0 Å². The molecule has 382 valence electrons. The fraction of sp³-hybridized carbons (Fsp3) is 0. The highest BCUT2D eigenvalue weighted by Gasteiger charge is 2.34. The molecule has 4 nitrogen and oxygen atoms in total. The third kappa shape index (κ3) is 10.6. The van der Waals surface area contributed by atoms with Crippen LogP contribution in [0.1, 0.15) is 30.6 Å². The van der Waals surface area contributed by atoms with Gasteiger partial charge in [0.05, 0.1) is 23.0 Å². The van der Waals surface area contributed by atoms with Gasteiger partial charge < -0.3 is 19.6 Å². The molecule has 0 saturated heterocycles. The Morgan fingerprint density at radius 2 is 0.338 bits per heavy atom. The molecule has 0 aliphatic rings. The van der Waals surface area contributed by atoms with Crippen molar-refractivity contribution in [3.8, 4) is 0 Å². The van der Waals surface area contributed by atoms with Crippen molar-refractivity contribution >= 4 is 111 Å². The molecule has 8 heteroatoms. The van der Waals surface area contributed by atoms with Gasteiger partial charge in [-0.15, -0.1) is 0 Å². The summed E-state index contributed by atoms with van der Waals surface area (Å²) in [5.74, 6) is 2.37. The molecule has 0 aliphatic carbocycles. The van der Waals surface area contributed by atoms with Gasteiger partial charge in [0.25, 0.3) is 0 Å². The minimum atomic E-state index is 1.11. The number of para-hydroxylation sites is 8. The van der Waals surface area contributed by atoms with Crippen LogP contribution in [0, 0.1) is 11.8 Å². The Hall–Kier alpha value is -9.28. The highest BCUT2D eigenvalue weighted by atomic mass is 32.1. The molecule has 0 saturated carbocycles. The highest BCUT2D eigenvalue weighted by Crippen LogP contribution is 2.50. The third-order valence-electron chi connectivity index (χ3n) is 13.8. The standard InChI is InChI=1S/C72H52N4S4/c1-9-25-55(26-10-1)73(56-27-11-2-12-28-56)67-49-45-63(77-67)71(64-46-50-68(78-64)74(57-29-13-3-14-30-57)58-31-15-4-16-32-58)53-41-43-54(44-42-53)72(65-47-51-69(79-65)75(59-33-17-5-18-34-59)60-35-19-6-20-36-60)66-48-52-70(80-66)76(61-37-21-7-22-38-61)62-39-23-8-24-40-62/h1-52H/q+2. The van der Waals surface area contributed by atoms with Crippen LogP contribution in [0.4, 0.5) is 65.5 Å². The summed E-state index contributed by atoms with van der Waals surface area (Å²) in [5, 5.41) is 4.54. The smallest absolute Gasteiger partial charge is 0.110 e. The lowest BCUT2D eigenvalue weighted by molar-refractivity contribution is 1.26. The molecule has 0 unspecified atom stereocenters. The molecule has 4 aromatic heterocycles. The molecule has 13 aromatic rings. The van der Waals surface area contributed by atoms with Crippen molar-refractivity contribution in [1.29, 1.82) is 0 Å². The maximum Gasteiger partial charge on any atom is 0.110 e. The average Bonchev–Trinajstić information content (AvgIpc) is 4.42. The molecule has 80 heavy (non-hydrogen) atoms. The van der Waals surface area contributed by atoms with E-state index in [0.29, 0.717) is 0 Å². The second-order valence-corrected chi connectivity index (χ2v) is 23.2. The van der Waals surface area contributed by atoms with E-state index in [1.807, 2.05) is 45.3 Å². The zero-order valence-electron chi connectivity index (χ0n) is 43.4. The maximum atomic E-state index is 2.36. The summed E-state index contributed by atoms with van der Waals surface area (Å²) in [6.07, 6.45) is 0. The Bertz CT molecular complexity index is 3350. The molecule has 9 aromatic carbocycles. The minimum Gasteiger partial charge on any atom is -0.301 e. The largest absolute Gasteiger partial charge is 0.301 e. The van der Waals surface area contributed by atoms with Crippen LogP contribution in [0.15, 0.2) is 315 Å². The van der Waals surface area contributed by atoms with Crippen molar-refractivity contribution in [2.45, 2.75) is 0 Å². The Morgan fingerprint density at radius 3 is 0.500 bits per heavy atom. The summed E-state index contributed by atoms with van der Waals surface area (Å²) in [4.78, 5) is 14.2. The first-order valence-corrected chi connectivity index (χ1v) is 29.8. The Balaban J connectivity index is 0.941. The Morgan fingerprint density at radius 1 is 0.175 bits per heavy atom. The molecular formula is C72H52N4S4+2. The molecule has 0 amide bonds. The van der Waals surface area contributed by atoms with Crippen molar-refractivity contribution in [1.82, 2.24) is 0 Å². The lowest BCUT2D eigenvalue weighted by Crippen LogP contribution is -2.08. The SMILES string of the molecule is c1ccc(N(c2ccccc2)c2ccc([C+](c3ccc([C+](c4ccc(N(c5ccccc5)c5ccccc5)s4)c4ccc(N(c5ccccc5)c5ccccc5)s4)cc3)c3ccc(N(c4ccccc4)c4ccccc4)s3)s2)cc1. The van der Waals surface area contributed by atoms with Crippen molar-refractivity contribution in [3.63, 3.8) is 0 Å². The van der Waals surface area contributed by atoms with E-state index in [9.17, 15) is 0 Å². The van der Waals surface area contributed by atoms with E-state index in [1.165, 1.54) is 31.3 Å². The predicted octanol–water partition coefficient (Wildman–Crippen LogP) is 21.9. The van der Waals surface area contributed by atoms with E-state index < -0.39 is 0 Å². The van der Waals surface area contributed by atoms with E-state index in [1.54, 1.807) is 0 Å². The number of benzene rings is 9. The summed E-state index contributed by atoms with van der Waals surface area (Å²) in [5.41, 5.74) is 11.2. The van der Waals surface area contributed by atoms with Gasteiger partial charge in [-0.25, -0.2) is 0 Å². The first-order valence-electron chi connectivity index (χ1n) is 26.6. The second kappa shape index (κ2) is 23.4. The van der Waals surface area contributed by atoms with Crippen LogP contribution in [-0.4, -0.2) is 0 Å². The summed E-state index contributed by atoms with van der Waals surface area (Å²) >= 11 is 7.27. The normalized spacial score (nSPS) is 11.0. The molecule has 0 atom stereocenters. The fourth-order valence-electron chi connectivity index (χ4n) is 10.2. The van der Waals surface area contributed by atoms with Crippen LogP contribution in [0.2, 0.25) is 0 Å². The van der Waals surface area contributed by atoms with Gasteiger partial charge in [-0.3, -0.25) is 0 Å². The van der Waals surface area contributed by atoms with E-state index in [-0.39, 0.29) is 0 Å². The molecule has 13 rings (SSSR count). The van der Waals surface area contributed by atoms with Gasteiger partial charge >= 0.3 is 0 Å². The lowest BCUT2D eigenvalue weighted by atomic mass is 9.90. The van der Waals surface area contributed by atoms with Crippen LogP contribution in [0.25, 0.3) is 0 Å². The van der Waals surface area contributed by atoms with Crippen LogP contribution >= 0.6 is 45.3 Å². The molecule has 0 N–H and O–H groups in total. The van der Waals surface area contributed by atoms with Crippen LogP contribution < -0.4 is 19.6 Å². The molecule has 0 radical (unpaired) electrons. The summed E-state index contributed by atoms with van der Waals surface area (Å²) in [6, 6.07) is 113. The number of thiophene rings is 4. The third-order valence-corrected chi connectivity index (χ3v) is 18.2. The summed E-state index contributed by atoms with van der Waals surface area (Å²) < 4.78 is 0. The summed E-state index contributed by atoms with van der Waals surface area (Å²) in [6.45, 7) is 0. The number of hydrogen-bond acceptors (Lipinski definition) is 8. The Labute approximate surface area is 484 Å². The minimum absolute atomic E-state index is 1.11. The molecule has 0 fully saturated rings. The van der Waals surface area contributed by atoms with Gasteiger partial charge in [-0.2, -0.15) is 0 Å². The molecule has 0 aliphatic heterocycles. The van der Waals surface area contributed by atoms with Gasteiger partial charge in [-0.1, -0.05) is 191 Å². The first-order chi connectivity index (χ1) is 39.7. The Kier molecular flexibility index (Phi) is 14.7. The van der Waals surface area contributed by atoms with E-state index in [4.69, 9.17) is 0 Å². The highest BCUT2D eigenvalue weighted by molar-refractivity contribution is 7.19. The van der Waals surface area contributed by atoms with Crippen LogP contribution in [0.3, 0.4) is 0 Å². The van der Waals surface area contributed by atoms with Gasteiger partial charge in [0.1, 0.15) is 39.5 Å². The zero-order chi connectivity index (χ0) is 53.5. The number of anilines is 12. The van der Waals surface area contributed by atoms with Crippen molar-refractivity contribution < 1.29 is 0 Å². The van der Waals surface area contributed by atoms with Crippen molar-refractivity contribution in [2.24, 2.45) is 0 Å². The number of rotatable bonds is 18. The van der Waals surface area contributed by atoms with Gasteiger partial charge in [0.2, 0.25) is 0 Å². The maximum absolute atomic E-state index is 2.36. The molecule has 0 bridgehead atoms. The van der Waals surface area contributed by atoms with Gasteiger partial charge in [0.15, 0.2) is 0 Å². The number of nitrogens with zero attached hydrogens (tertiary/aromatic N) is 4. The van der Waals surface area contributed by atoms with Gasteiger partial charge in [-0.05, 0) is 97.1 Å². The fourth-order valence-corrected chi connectivity index (χ4v) is 14.8. The average molecular weight is 1100 g/mol. The quantitative estimate of drug-likeness (QED) is 0.0794. The summed E-state index contributed by atoms with van der Waals surface area (Å²) in [7, 11) is 0. The molecular weight excluding hydrogens is 1050 g/mol. The van der Waals surface area contributed by atoms with Gasteiger partial charge in [0, 0.05) is 118 Å².